The van der Waals surface area contributed by atoms with E-state index in [2.05, 4.69) is 79.9 Å². The fourth-order valence-electron chi connectivity index (χ4n) is 9.95. The van der Waals surface area contributed by atoms with Crippen LogP contribution in [0.3, 0.4) is 0 Å². The zero-order chi connectivity index (χ0) is 46.2. The van der Waals surface area contributed by atoms with E-state index in [1.807, 2.05) is 0 Å². The van der Waals surface area contributed by atoms with Gasteiger partial charge in [-0.15, -0.1) is 0 Å². The molecular weight excluding hydrogens is 801 g/mol. The number of unbranched alkanes of at least 4 members (excludes halogenated alkanes) is 24. The SMILES string of the molecule is CC[N+](CCCCCCCCCCCCCCCC(=O)NCCSSCCNC(=O)CCCCCCCCCCCCCCC[N+](CC)(CC(C)C)C(C)C)(CC(C)C)C(C)C. The van der Waals surface area contributed by atoms with E-state index in [0.29, 0.717) is 12.8 Å². The molecule has 8 heteroatoms. The lowest BCUT2D eigenvalue weighted by molar-refractivity contribution is -0.949. The van der Waals surface area contributed by atoms with Gasteiger partial charge in [-0.1, -0.05) is 178 Å². The molecule has 0 rings (SSSR count). The number of carbonyl (C=O) groups is 2. The molecule has 0 aromatic carbocycles. The van der Waals surface area contributed by atoms with Gasteiger partial charge in [-0.25, -0.2) is 0 Å². The number of nitrogens with one attached hydrogen (secondary N) is 2. The van der Waals surface area contributed by atoms with Gasteiger partial charge < -0.3 is 19.6 Å². The molecule has 0 radical (unpaired) electrons. The maximum absolute atomic E-state index is 12.2. The number of rotatable bonds is 47. The van der Waals surface area contributed by atoms with Gasteiger partial charge in [0.1, 0.15) is 0 Å². The monoisotopic (exact) mass is 913 g/mol. The summed E-state index contributed by atoms with van der Waals surface area (Å²) in [5.74, 6) is 3.78. The number of quaternary nitrogens is 2. The number of amides is 2. The van der Waals surface area contributed by atoms with E-state index < -0.39 is 0 Å². The van der Waals surface area contributed by atoms with Gasteiger partial charge in [-0.3, -0.25) is 9.59 Å². The number of nitrogens with zero attached hydrogens (tertiary/aromatic N) is 2. The van der Waals surface area contributed by atoms with Crippen molar-refractivity contribution in [2.24, 2.45) is 11.8 Å². The lowest BCUT2D eigenvalue weighted by atomic mass is 10.0. The van der Waals surface area contributed by atoms with Crippen LogP contribution in [0.15, 0.2) is 0 Å². The van der Waals surface area contributed by atoms with Crippen LogP contribution in [0.2, 0.25) is 0 Å². The van der Waals surface area contributed by atoms with Crippen LogP contribution in [0.4, 0.5) is 0 Å². The maximum Gasteiger partial charge on any atom is 0.220 e. The number of hydrogen-bond acceptors (Lipinski definition) is 4. The topological polar surface area (TPSA) is 58.2 Å². The van der Waals surface area contributed by atoms with Crippen molar-refractivity contribution in [1.82, 2.24) is 10.6 Å². The standard InChI is InChI=1S/C54H110N4O2S2/c1-11-57(51(7)8,47-49(3)4)43-37-33-29-25-21-17-13-15-19-23-27-31-35-39-53(59)55-41-45-61-62-46-42-56-54(60)40-36-32-28-24-20-16-14-18-22-26-30-34-38-44-58(12-2,52(9)10)48-50(5)6/h49-52H,11-48H2,1-10H3/p+2. The Bertz CT molecular complexity index is 933. The molecule has 0 aliphatic carbocycles. The summed E-state index contributed by atoms with van der Waals surface area (Å²) < 4.78 is 2.60. The van der Waals surface area contributed by atoms with Crippen LogP contribution in [0, 0.1) is 11.8 Å². The van der Waals surface area contributed by atoms with E-state index in [1.165, 1.54) is 202 Å². The van der Waals surface area contributed by atoms with Gasteiger partial charge in [0.25, 0.3) is 0 Å². The number of hydrogen-bond donors (Lipinski definition) is 2. The summed E-state index contributed by atoms with van der Waals surface area (Å²) >= 11 is 0. The van der Waals surface area contributed by atoms with E-state index in [0.717, 1.165) is 61.4 Å². The molecule has 0 bridgehead atoms. The van der Waals surface area contributed by atoms with Gasteiger partial charge in [0, 0.05) is 49.3 Å². The molecule has 6 nitrogen and oxygen atoms in total. The molecule has 2 atom stereocenters. The van der Waals surface area contributed by atoms with Crippen LogP contribution in [0.5, 0.6) is 0 Å². The molecule has 0 aliphatic heterocycles. The second-order valence-corrected chi connectivity index (χ2v) is 23.6. The Labute approximate surface area is 397 Å². The van der Waals surface area contributed by atoms with Crippen molar-refractivity contribution in [1.29, 1.82) is 0 Å². The Morgan fingerprint density at radius 3 is 0.855 bits per heavy atom. The average Bonchev–Trinajstić information content (AvgIpc) is 3.23. The highest BCUT2D eigenvalue weighted by molar-refractivity contribution is 8.76. The second-order valence-electron chi connectivity index (χ2n) is 20.9. The van der Waals surface area contributed by atoms with Crippen molar-refractivity contribution in [2.45, 2.75) is 261 Å². The molecule has 2 unspecified atom stereocenters. The van der Waals surface area contributed by atoms with Crippen molar-refractivity contribution >= 4 is 33.4 Å². The van der Waals surface area contributed by atoms with Crippen LogP contribution in [0.25, 0.3) is 0 Å². The predicted octanol–water partition coefficient (Wildman–Crippen LogP) is 15.3. The predicted molar refractivity (Wildman–Crippen MR) is 281 cm³/mol. The highest BCUT2D eigenvalue weighted by Crippen LogP contribution is 2.23. The Morgan fingerprint density at radius 1 is 0.387 bits per heavy atom. The van der Waals surface area contributed by atoms with Crippen molar-refractivity contribution < 1.29 is 18.6 Å². The largest absolute Gasteiger partial charge is 0.355 e. The fourth-order valence-corrected chi connectivity index (χ4v) is 11.8. The van der Waals surface area contributed by atoms with Gasteiger partial charge in [-0.2, -0.15) is 0 Å². The van der Waals surface area contributed by atoms with Crippen molar-refractivity contribution in [3.8, 4) is 0 Å². The summed E-state index contributed by atoms with van der Waals surface area (Å²) in [6.45, 7) is 33.3. The van der Waals surface area contributed by atoms with E-state index >= 15 is 0 Å². The lowest BCUT2D eigenvalue weighted by Gasteiger charge is -2.43. The third kappa shape index (κ3) is 34.8. The van der Waals surface area contributed by atoms with Gasteiger partial charge in [-0.05, 0) is 80.1 Å². The quantitative estimate of drug-likeness (QED) is 0.0363. The summed E-state index contributed by atoms with van der Waals surface area (Å²) in [7, 11) is 3.58. The van der Waals surface area contributed by atoms with E-state index in [1.54, 1.807) is 21.6 Å². The molecule has 0 fully saturated rings. The minimum Gasteiger partial charge on any atom is -0.355 e. The third-order valence-electron chi connectivity index (χ3n) is 14.0. The van der Waals surface area contributed by atoms with Gasteiger partial charge in [0.2, 0.25) is 11.8 Å². The first-order valence-electron chi connectivity index (χ1n) is 27.3. The van der Waals surface area contributed by atoms with Crippen molar-refractivity contribution in [2.75, 3.05) is 63.9 Å². The zero-order valence-electron chi connectivity index (χ0n) is 43.7. The molecule has 2 N–H and O–H groups in total. The Hall–Kier alpha value is -0.440. The minimum atomic E-state index is 0.200. The summed E-state index contributed by atoms with van der Waals surface area (Å²) in [5.41, 5.74) is 0. The lowest BCUT2D eigenvalue weighted by Crippen LogP contribution is -2.55. The summed E-state index contributed by atoms with van der Waals surface area (Å²) in [4.78, 5) is 24.4. The molecule has 0 aromatic rings. The maximum atomic E-state index is 12.2. The summed E-state index contributed by atoms with van der Waals surface area (Å²) in [5, 5.41) is 6.17. The normalized spacial score (nSPS) is 14.0. The van der Waals surface area contributed by atoms with Crippen LogP contribution in [-0.2, 0) is 9.59 Å². The molecule has 0 saturated heterocycles. The van der Waals surface area contributed by atoms with Gasteiger partial charge in [0.05, 0.1) is 51.4 Å². The summed E-state index contributed by atoms with van der Waals surface area (Å²) in [6.07, 6.45) is 36.0. The zero-order valence-corrected chi connectivity index (χ0v) is 45.3. The van der Waals surface area contributed by atoms with Crippen LogP contribution in [0.1, 0.15) is 249 Å². The molecule has 0 spiro atoms. The van der Waals surface area contributed by atoms with Crippen LogP contribution < -0.4 is 10.6 Å². The molecule has 0 aromatic heterocycles. The minimum absolute atomic E-state index is 0.200. The highest BCUT2D eigenvalue weighted by Gasteiger charge is 2.30. The van der Waals surface area contributed by atoms with E-state index in [-0.39, 0.29) is 11.8 Å². The first-order valence-corrected chi connectivity index (χ1v) is 29.8. The Morgan fingerprint density at radius 2 is 0.629 bits per heavy atom. The van der Waals surface area contributed by atoms with Crippen LogP contribution >= 0.6 is 21.6 Å². The first kappa shape index (κ1) is 61.6. The van der Waals surface area contributed by atoms with Gasteiger partial charge in [0.15, 0.2) is 0 Å². The molecule has 0 heterocycles. The average molecular weight is 914 g/mol. The van der Waals surface area contributed by atoms with E-state index in [9.17, 15) is 9.59 Å². The molecule has 62 heavy (non-hydrogen) atoms. The van der Waals surface area contributed by atoms with E-state index in [4.69, 9.17) is 0 Å². The molecule has 0 aliphatic rings. The van der Waals surface area contributed by atoms with Crippen molar-refractivity contribution in [3.05, 3.63) is 0 Å². The molecule has 2 amide bonds. The van der Waals surface area contributed by atoms with Crippen molar-refractivity contribution in [3.63, 3.8) is 0 Å². The number of carbonyl (C=O) groups excluding carboxylic acids is 2. The second kappa shape index (κ2) is 42.0. The van der Waals surface area contributed by atoms with Crippen LogP contribution in [-0.4, -0.2) is 96.7 Å². The Balaban J connectivity index is 3.46. The highest BCUT2D eigenvalue weighted by atomic mass is 33.1. The smallest absolute Gasteiger partial charge is 0.220 e. The Kier molecular flexibility index (Phi) is 41.7. The summed E-state index contributed by atoms with van der Waals surface area (Å²) in [6, 6.07) is 1.47. The third-order valence-corrected chi connectivity index (χ3v) is 16.4. The molecular formula is C54H112N4O2S2+2. The molecule has 370 valence electrons. The first-order chi connectivity index (χ1) is 29.8. The fraction of sp³-hybridized carbons (Fsp3) is 0.963. The van der Waals surface area contributed by atoms with Gasteiger partial charge >= 0.3 is 0 Å². The molecule has 0 saturated carbocycles.